The fourth-order valence-electron chi connectivity index (χ4n) is 0.426. The first-order chi connectivity index (χ1) is 3.84. The Hall–Kier alpha value is -0.195. The molecule has 0 aliphatic heterocycles. The maximum absolute atomic E-state index is 4.81. The van der Waals surface area contributed by atoms with Crippen molar-refractivity contribution in [1.82, 2.24) is 9.46 Å². The molecule has 0 radical (unpaired) electrons. The van der Waals surface area contributed by atoms with Crippen molar-refractivity contribution >= 4 is 31.0 Å². The smallest absolute Gasteiger partial charge is 0.292 e. The van der Waals surface area contributed by atoms with Crippen molar-refractivity contribution in [2.75, 3.05) is 0 Å². The minimum absolute atomic E-state index is 0.630. The average Bonchev–Trinajstić information content (AvgIpc) is 2.14. The van der Waals surface area contributed by atoms with Crippen molar-refractivity contribution in [3.63, 3.8) is 0 Å². The third-order valence-electron chi connectivity index (χ3n) is 0.846. The van der Waals surface area contributed by atoms with Crippen LogP contribution in [-0.4, -0.2) is 17.4 Å². The SMILES string of the molecule is Bn1ccnc1OI. The van der Waals surface area contributed by atoms with E-state index in [4.69, 9.17) is 3.07 Å². The van der Waals surface area contributed by atoms with E-state index in [1.165, 1.54) is 0 Å². The summed E-state index contributed by atoms with van der Waals surface area (Å²) in [6.07, 6.45) is 3.52. The van der Waals surface area contributed by atoms with E-state index in [2.05, 4.69) is 4.98 Å². The van der Waals surface area contributed by atoms with Gasteiger partial charge in [0.2, 0.25) is 7.98 Å². The van der Waals surface area contributed by atoms with Crippen molar-refractivity contribution in [3.05, 3.63) is 12.4 Å². The van der Waals surface area contributed by atoms with Crippen LogP contribution in [0.3, 0.4) is 0 Å². The molecular weight excluding hydrogens is 218 g/mol. The summed E-state index contributed by atoms with van der Waals surface area (Å²) < 4.78 is 6.60. The van der Waals surface area contributed by atoms with Crippen LogP contribution in [0.15, 0.2) is 12.4 Å². The number of halogens is 1. The normalized spacial score (nSPS) is 9.12. The summed E-state index contributed by atoms with van der Waals surface area (Å²) in [6, 6.07) is 0.630. The van der Waals surface area contributed by atoms with Gasteiger partial charge in [0.1, 0.15) is 0 Å². The second-order valence-electron chi connectivity index (χ2n) is 1.40. The summed E-state index contributed by atoms with van der Waals surface area (Å²) in [5.41, 5.74) is 0. The third kappa shape index (κ3) is 0.962. The second kappa shape index (κ2) is 2.39. The summed E-state index contributed by atoms with van der Waals surface area (Å²) in [7, 11) is 1.88. The van der Waals surface area contributed by atoms with Gasteiger partial charge in [-0.1, -0.05) is 0 Å². The number of rotatable bonds is 1. The van der Waals surface area contributed by atoms with Gasteiger partial charge in [0.15, 0.2) is 23.0 Å². The van der Waals surface area contributed by atoms with Gasteiger partial charge in [-0.25, -0.2) is 4.98 Å². The molecule has 1 aromatic heterocycles. The van der Waals surface area contributed by atoms with Gasteiger partial charge in [0.05, 0.1) is 0 Å². The average molecular weight is 222 g/mol. The lowest BCUT2D eigenvalue weighted by molar-refractivity contribution is 0.644. The molecule has 8 heavy (non-hydrogen) atoms. The van der Waals surface area contributed by atoms with Gasteiger partial charge in [0.25, 0.3) is 6.01 Å². The Kier molecular flexibility index (Phi) is 1.77. The lowest BCUT2D eigenvalue weighted by Crippen LogP contribution is -1.90. The van der Waals surface area contributed by atoms with Gasteiger partial charge in [-0.2, -0.15) is 0 Å². The zero-order valence-corrected chi connectivity index (χ0v) is 6.49. The number of imidazole rings is 1. The van der Waals surface area contributed by atoms with Gasteiger partial charge < -0.3 is 7.54 Å². The molecule has 0 aliphatic rings. The zero-order chi connectivity index (χ0) is 5.98. The molecule has 5 heteroatoms. The predicted octanol–water partition coefficient (Wildman–Crippen LogP) is 0.00810. The highest BCUT2D eigenvalue weighted by Gasteiger charge is 1.93. The van der Waals surface area contributed by atoms with Gasteiger partial charge >= 0.3 is 0 Å². The molecular formula is C3H4BIN2O. The summed E-state index contributed by atoms with van der Waals surface area (Å²) in [5.74, 6) is 0. The Labute approximate surface area is 62.2 Å². The Morgan fingerprint density at radius 3 is 2.88 bits per heavy atom. The zero-order valence-electron chi connectivity index (χ0n) is 4.34. The van der Waals surface area contributed by atoms with E-state index < -0.39 is 0 Å². The molecule has 0 spiro atoms. The highest BCUT2D eigenvalue weighted by Crippen LogP contribution is 2.05. The van der Waals surface area contributed by atoms with Crippen molar-refractivity contribution < 1.29 is 3.07 Å². The van der Waals surface area contributed by atoms with Crippen LogP contribution in [0, 0.1) is 0 Å². The Morgan fingerprint density at radius 2 is 2.62 bits per heavy atom. The first-order valence-corrected chi connectivity index (χ1v) is 2.98. The van der Waals surface area contributed by atoms with Crippen LogP contribution in [0.4, 0.5) is 0 Å². The summed E-state index contributed by atoms with van der Waals surface area (Å²) >= 11 is 1.79. The van der Waals surface area contributed by atoms with Crippen LogP contribution < -0.4 is 3.07 Å². The molecule has 0 aliphatic carbocycles. The van der Waals surface area contributed by atoms with E-state index in [0.717, 1.165) is 0 Å². The molecule has 0 saturated carbocycles. The monoisotopic (exact) mass is 222 g/mol. The highest BCUT2D eigenvalue weighted by molar-refractivity contribution is 14.1. The number of hydrogen-bond donors (Lipinski definition) is 0. The van der Waals surface area contributed by atoms with E-state index in [9.17, 15) is 0 Å². The van der Waals surface area contributed by atoms with Crippen molar-refractivity contribution in [2.45, 2.75) is 0 Å². The molecule has 0 amide bonds. The summed E-state index contributed by atoms with van der Waals surface area (Å²) in [4.78, 5) is 3.87. The van der Waals surface area contributed by atoms with Crippen LogP contribution in [-0.2, 0) is 0 Å². The fraction of sp³-hybridized carbons (Fsp3) is 0. The quantitative estimate of drug-likeness (QED) is 0.494. The molecule has 0 N–H and O–H groups in total. The largest absolute Gasteiger partial charge is 0.394 e. The molecule has 42 valence electrons. The molecule has 1 rings (SSSR count). The number of hydrogen-bond acceptors (Lipinski definition) is 2. The molecule has 0 unspecified atom stereocenters. The first-order valence-electron chi connectivity index (χ1n) is 2.10. The fourth-order valence-corrected chi connectivity index (χ4v) is 0.851. The minimum Gasteiger partial charge on any atom is -0.394 e. The van der Waals surface area contributed by atoms with Crippen LogP contribution in [0.1, 0.15) is 0 Å². The predicted molar refractivity (Wildman–Crippen MR) is 40.8 cm³/mol. The van der Waals surface area contributed by atoms with Gasteiger partial charge in [-0.3, -0.25) is 0 Å². The van der Waals surface area contributed by atoms with Crippen molar-refractivity contribution in [1.29, 1.82) is 0 Å². The van der Waals surface area contributed by atoms with Crippen molar-refractivity contribution in [3.8, 4) is 6.01 Å². The highest BCUT2D eigenvalue weighted by atomic mass is 127. The first kappa shape index (κ1) is 5.93. The van der Waals surface area contributed by atoms with E-state index in [1.54, 1.807) is 33.7 Å². The summed E-state index contributed by atoms with van der Waals surface area (Å²) in [5, 5.41) is 0. The Bertz CT molecular complexity index is 178. The standard InChI is InChI=1S/C3H4BIN2O/c4-7-2-1-6-3(7)8-5/h1-2H,4H2. The lowest BCUT2D eigenvalue weighted by Gasteiger charge is -1.92. The minimum atomic E-state index is 0.630. The maximum atomic E-state index is 4.81. The van der Waals surface area contributed by atoms with E-state index in [0.29, 0.717) is 6.01 Å². The topological polar surface area (TPSA) is 27.1 Å². The van der Waals surface area contributed by atoms with Crippen LogP contribution in [0.2, 0.25) is 0 Å². The van der Waals surface area contributed by atoms with Crippen LogP contribution in [0.25, 0.3) is 0 Å². The molecule has 0 atom stereocenters. The molecule has 0 fully saturated rings. The lowest BCUT2D eigenvalue weighted by atomic mass is 10.4. The van der Waals surface area contributed by atoms with Gasteiger partial charge in [-0.05, 0) is 0 Å². The molecule has 0 saturated heterocycles. The Morgan fingerprint density at radius 1 is 1.88 bits per heavy atom. The van der Waals surface area contributed by atoms with Gasteiger partial charge in [-0.15, -0.1) is 0 Å². The third-order valence-corrected chi connectivity index (χ3v) is 1.24. The summed E-state index contributed by atoms with van der Waals surface area (Å²) in [6.45, 7) is 0. The molecule has 0 aromatic carbocycles. The number of aromatic nitrogens is 2. The van der Waals surface area contributed by atoms with Gasteiger partial charge in [0, 0.05) is 12.4 Å². The van der Waals surface area contributed by atoms with Crippen LogP contribution >= 0.6 is 23.0 Å². The van der Waals surface area contributed by atoms with E-state index in [-0.39, 0.29) is 0 Å². The Balaban J connectivity index is 2.92. The van der Waals surface area contributed by atoms with Crippen molar-refractivity contribution in [2.24, 2.45) is 0 Å². The second-order valence-corrected chi connectivity index (χ2v) is 1.84. The molecule has 0 bridgehead atoms. The molecule has 1 heterocycles. The molecule has 3 nitrogen and oxygen atoms in total. The maximum Gasteiger partial charge on any atom is 0.292 e. The van der Waals surface area contributed by atoms with E-state index in [1.807, 2.05) is 14.2 Å². The van der Waals surface area contributed by atoms with E-state index >= 15 is 0 Å². The van der Waals surface area contributed by atoms with Crippen LogP contribution in [0.5, 0.6) is 6.01 Å². The molecule has 1 aromatic rings. The number of nitrogens with zero attached hydrogens (tertiary/aromatic N) is 2.